The summed E-state index contributed by atoms with van der Waals surface area (Å²) in [7, 11) is -0.625. The van der Waals surface area contributed by atoms with Gasteiger partial charge in [0.25, 0.3) is 0 Å². The Hall–Kier alpha value is -3.12. The number of fused-ring (bicyclic) bond motifs is 2. The van der Waals surface area contributed by atoms with Gasteiger partial charge in [0.1, 0.15) is 11.5 Å². The number of benzene rings is 5. The van der Waals surface area contributed by atoms with Gasteiger partial charge < -0.3 is 14.7 Å². The molecule has 0 spiro atoms. The molecule has 5 aromatic rings. The maximum Gasteiger partial charge on any atom is 4.00 e. The molecule has 6 rings (SSSR count). The molecule has 5 aromatic carbocycles. The van der Waals surface area contributed by atoms with Crippen LogP contribution in [0.25, 0.3) is 9.96 Å². The molecule has 1 heterocycles. The van der Waals surface area contributed by atoms with Crippen LogP contribution in [0.2, 0.25) is 19.6 Å². The van der Waals surface area contributed by atoms with Gasteiger partial charge >= 0.3 is 26.2 Å². The van der Waals surface area contributed by atoms with E-state index in [1.54, 1.807) is 0 Å². The zero-order valence-electron chi connectivity index (χ0n) is 35.2. The number of hydrogen-bond donors (Lipinski definition) is 0. The molecule has 0 fully saturated rings. The number of ether oxygens (including phenoxy) is 1. The van der Waals surface area contributed by atoms with Crippen molar-refractivity contribution in [2.75, 3.05) is 14.1 Å². The minimum absolute atomic E-state index is 0. The second-order valence-electron chi connectivity index (χ2n) is 17.4. The van der Waals surface area contributed by atoms with Crippen LogP contribution in [-0.4, -0.2) is 30.6 Å². The molecule has 1 aliphatic rings. The van der Waals surface area contributed by atoms with Crippen LogP contribution in [0, 0.1) is 13.8 Å². The SMILES string of the molecule is C[N-][Si](C)(C)c1cc(C(C)(C)C)cc2c1Oc1c(cc(C(C)(C)C)cc1[Si](C)([N-]C)c1ccccc1)C2(C)C.[CH2-]c1ccccc1.[CH2-]c1ccccc1.[Zr+4]. The molecule has 1 unspecified atom stereocenters. The van der Waals surface area contributed by atoms with Crippen LogP contribution in [0.15, 0.2) is 115 Å². The summed E-state index contributed by atoms with van der Waals surface area (Å²) in [5.41, 5.74) is 7.14. The van der Waals surface area contributed by atoms with E-state index in [4.69, 9.17) is 14.7 Å². The van der Waals surface area contributed by atoms with Crippen LogP contribution in [0.3, 0.4) is 0 Å². The van der Waals surface area contributed by atoms with Crippen LogP contribution in [0.4, 0.5) is 0 Å². The number of hydrogen-bond acceptors (Lipinski definition) is 1. The zero-order chi connectivity index (χ0) is 39.4. The Morgan fingerprint density at radius 1 is 0.556 bits per heavy atom. The first-order chi connectivity index (χ1) is 24.7. The third-order valence-electron chi connectivity index (χ3n) is 10.7. The molecule has 0 amide bonds. The molecule has 3 nitrogen and oxygen atoms in total. The minimum Gasteiger partial charge on any atom is -0.664 e. The van der Waals surface area contributed by atoms with Gasteiger partial charge in [-0.05, 0) is 40.6 Å². The van der Waals surface area contributed by atoms with Crippen molar-refractivity contribution in [2.45, 2.75) is 91.3 Å². The average Bonchev–Trinajstić information content (AvgIpc) is 3.11. The third-order valence-corrected chi connectivity index (χ3v) is 17.3. The van der Waals surface area contributed by atoms with E-state index in [-0.39, 0.29) is 42.4 Å². The number of rotatable bonds is 5. The number of nitrogens with zero attached hydrogens (tertiary/aromatic N) is 2. The summed E-state index contributed by atoms with van der Waals surface area (Å²) in [6.07, 6.45) is 0. The van der Waals surface area contributed by atoms with Gasteiger partial charge in [-0.15, -0.1) is 24.3 Å². The van der Waals surface area contributed by atoms with E-state index in [1.807, 2.05) is 74.8 Å². The maximum absolute atomic E-state index is 7.22. The molecule has 282 valence electrons. The molecular formula is C48H62N2OSi2Zr. The first-order valence-corrected chi connectivity index (χ1v) is 24.1. The van der Waals surface area contributed by atoms with Crippen molar-refractivity contribution in [3.8, 4) is 11.5 Å². The van der Waals surface area contributed by atoms with Crippen molar-refractivity contribution in [3.05, 3.63) is 172 Å². The predicted octanol–water partition coefficient (Wildman–Crippen LogP) is 11.6. The van der Waals surface area contributed by atoms with E-state index >= 15 is 0 Å². The molecule has 1 atom stereocenters. The quantitative estimate of drug-likeness (QED) is 0.128. The maximum atomic E-state index is 7.22. The molecule has 0 bridgehead atoms. The van der Waals surface area contributed by atoms with E-state index < -0.39 is 16.5 Å². The molecule has 0 saturated carbocycles. The summed E-state index contributed by atoms with van der Waals surface area (Å²) in [6.45, 7) is 33.0. The topological polar surface area (TPSA) is 37.4 Å². The fourth-order valence-corrected chi connectivity index (χ4v) is 10.8. The molecular weight excluding hydrogens is 768 g/mol. The van der Waals surface area contributed by atoms with Crippen molar-refractivity contribution >= 4 is 32.0 Å². The fourth-order valence-electron chi connectivity index (χ4n) is 6.58. The first-order valence-electron chi connectivity index (χ1n) is 18.7. The second-order valence-corrected chi connectivity index (χ2v) is 25.3. The van der Waals surface area contributed by atoms with E-state index in [0.717, 1.165) is 22.6 Å². The molecule has 6 heteroatoms. The largest absolute Gasteiger partial charge is 4.00 e. The molecule has 0 N–H and O–H groups in total. The Morgan fingerprint density at radius 2 is 0.926 bits per heavy atom. The Morgan fingerprint density at radius 3 is 1.26 bits per heavy atom. The summed E-state index contributed by atoms with van der Waals surface area (Å²) < 4.78 is 7.22. The van der Waals surface area contributed by atoms with Gasteiger partial charge in [0.05, 0.1) is 0 Å². The normalized spacial score (nSPS) is 14.2. The van der Waals surface area contributed by atoms with Gasteiger partial charge in [0.2, 0.25) is 0 Å². The van der Waals surface area contributed by atoms with E-state index in [2.05, 4.69) is 143 Å². The van der Waals surface area contributed by atoms with Crippen LogP contribution in [0.5, 0.6) is 11.5 Å². The van der Waals surface area contributed by atoms with Crippen molar-refractivity contribution in [1.82, 2.24) is 0 Å². The van der Waals surface area contributed by atoms with Crippen molar-refractivity contribution in [3.63, 3.8) is 0 Å². The average molecular weight is 830 g/mol. The Bertz CT molecular complexity index is 1930. The Kier molecular flexibility index (Phi) is 14.9. The zero-order valence-corrected chi connectivity index (χ0v) is 39.6. The van der Waals surface area contributed by atoms with Gasteiger partial charge in [-0.1, -0.05) is 147 Å². The summed E-state index contributed by atoms with van der Waals surface area (Å²) in [5, 5.41) is 3.85. The van der Waals surface area contributed by atoms with Crippen LogP contribution in [0.1, 0.15) is 88.8 Å². The standard InChI is InChI=1S/C34H48N2OSi2.2C7H7.Zr/c1-32(2,3)23-19-26-30(28(21-23)38(11,12)35-9)37-31-27(34(26,7)8)20-24(33(4,5)6)22-29(31)39(13,36-10)25-17-15-14-16-18-25;2*1-7-5-3-2-4-6-7;/h14-22H,1-13H3;2*2-6H,1H2;/q-2;2*-1;+4. The summed E-state index contributed by atoms with van der Waals surface area (Å²) in [6, 6.07) is 40.2. The minimum atomic E-state index is -2.47. The summed E-state index contributed by atoms with van der Waals surface area (Å²) >= 11 is 0. The molecule has 0 aromatic heterocycles. The van der Waals surface area contributed by atoms with Gasteiger partial charge in [-0.3, -0.25) is 0 Å². The van der Waals surface area contributed by atoms with Gasteiger partial charge in [-0.25, -0.2) is 0 Å². The third kappa shape index (κ3) is 10.2. The van der Waals surface area contributed by atoms with Gasteiger partial charge in [0, 0.05) is 24.8 Å². The monoisotopic (exact) mass is 828 g/mol. The Labute approximate surface area is 350 Å². The molecule has 0 aliphatic carbocycles. The van der Waals surface area contributed by atoms with E-state index in [9.17, 15) is 0 Å². The fraction of sp³-hybridized carbons (Fsp3) is 0.333. The molecule has 54 heavy (non-hydrogen) atoms. The summed E-state index contributed by atoms with van der Waals surface area (Å²) in [4.78, 5) is 10.1. The second kappa shape index (κ2) is 17.8. The molecule has 0 saturated heterocycles. The van der Waals surface area contributed by atoms with Crippen LogP contribution < -0.4 is 20.3 Å². The van der Waals surface area contributed by atoms with Crippen molar-refractivity contribution in [2.24, 2.45) is 0 Å². The van der Waals surface area contributed by atoms with E-state index in [0.29, 0.717) is 0 Å². The summed E-state index contributed by atoms with van der Waals surface area (Å²) in [5.74, 6) is 2.03. The van der Waals surface area contributed by atoms with Gasteiger partial charge in [0.15, 0.2) is 0 Å². The predicted molar refractivity (Wildman–Crippen MR) is 237 cm³/mol. The van der Waals surface area contributed by atoms with Crippen LogP contribution in [-0.2, 0) is 42.4 Å². The smallest absolute Gasteiger partial charge is 0.664 e. The van der Waals surface area contributed by atoms with Crippen molar-refractivity contribution < 1.29 is 30.9 Å². The molecule has 1 aliphatic heterocycles. The molecule has 0 radical (unpaired) electrons. The van der Waals surface area contributed by atoms with Crippen LogP contribution >= 0.6 is 0 Å². The van der Waals surface area contributed by atoms with Gasteiger partial charge in [-0.2, -0.15) is 63.3 Å². The first kappa shape index (κ1) is 45.3. The van der Waals surface area contributed by atoms with E-state index in [1.165, 1.54) is 37.8 Å². The Balaban J connectivity index is 0.000000434. The van der Waals surface area contributed by atoms with Crippen molar-refractivity contribution in [1.29, 1.82) is 0 Å².